The van der Waals surface area contributed by atoms with E-state index in [0.29, 0.717) is 19.3 Å². The molecule has 0 saturated heterocycles. The van der Waals surface area contributed by atoms with Crippen LogP contribution in [-0.2, 0) is 28.6 Å². The molecule has 0 aliphatic heterocycles. The molecule has 0 aliphatic rings. The molecule has 6 nitrogen and oxygen atoms in total. The lowest BCUT2D eigenvalue weighted by Crippen LogP contribution is -2.30. The van der Waals surface area contributed by atoms with Gasteiger partial charge in [0.25, 0.3) is 0 Å². The summed E-state index contributed by atoms with van der Waals surface area (Å²) in [6.07, 6.45) is 41.0. The topological polar surface area (TPSA) is 78.9 Å². The van der Waals surface area contributed by atoms with Gasteiger partial charge in [-0.1, -0.05) is 227 Å². The maximum Gasteiger partial charge on any atom is 0.306 e. The zero-order valence-electron chi connectivity index (χ0n) is 37.6. The summed E-state index contributed by atoms with van der Waals surface area (Å²) >= 11 is 0. The van der Waals surface area contributed by atoms with E-state index in [0.717, 1.165) is 69.6 Å². The summed E-state index contributed by atoms with van der Waals surface area (Å²) in [7, 11) is 0. The number of carbonyl (C=O) groups excluding carboxylic acids is 3. The van der Waals surface area contributed by atoms with Crippen molar-refractivity contribution in [3.63, 3.8) is 0 Å². The monoisotopic (exact) mass is 779 g/mol. The van der Waals surface area contributed by atoms with E-state index < -0.39 is 6.10 Å². The highest BCUT2D eigenvalue weighted by Crippen LogP contribution is 2.17. The Balaban J connectivity index is 4.28. The number of hydrogen-bond acceptors (Lipinski definition) is 6. The van der Waals surface area contributed by atoms with E-state index in [1.54, 1.807) is 0 Å². The second-order valence-electron chi connectivity index (χ2n) is 17.7. The standard InChI is InChI=1S/C49H94O6/c1-6-7-8-9-10-11-12-13-14-15-16-17-18-24-29-34-39-47(50)53-42-46(55-49(52)41-36-31-26-21-23-28-33-38-45(4)5)43-54-48(51)40-35-30-25-20-19-22-27-32-37-44(2)3/h44-46H,6-43H2,1-5H3/t46-/m0/s1. The molecule has 1 atom stereocenters. The van der Waals surface area contributed by atoms with Crippen molar-refractivity contribution in [2.45, 2.75) is 272 Å². The lowest BCUT2D eigenvalue weighted by molar-refractivity contribution is -0.167. The molecule has 0 unspecified atom stereocenters. The third kappa shape index (κ3) is 43.4. The maximum atomic E-state index is 12.7. The Morgan fingerprint density at radius 1 is 0.345 bits per heavy atom. The van der Waals surface area contributed by atoms with Gasteiger partial charge >= 0.3 is 17.9 Å². The molecule has 0 aromatic carbocycles. The quantitative estimate of drug-likeness (QED) is 0.0348. The lowest BCUT2D eigenvalue weighted by Gasteiger charge is -2.18. The van der Waals surface area contributed by atoms with Gasteiger partial charge < -0.3 is 14.2 Å². The molecule has 0 bridgehead atoms. The molecule has 0 amide bonds. The normalized spacial score (nSPS) is 12.1. The highest BCUT2D eigenvalue weighted by Gasteiger charge is 2.19. The molecular weight excluding hydrogens is 685 g/mol. The van der Waals surface area contributed by atoms with Crippen LogP contribution in [0.15, 0.2) is 0 Å². The molecule has 0 heterocycles. The fourth-order valence-electron chi connectivity index (χ4n) is 7.28. The van der Waals surface area contributed by atoms with Gasteiger partial charge in [0.15, 0.2) is 6.10 Å². The van der Waals surface area contributed by atoms with E-state index >= 15 is 0 Å². The maximum absolute atomic E-state index is 12.7. The minimum atomic E-state index is -0.761. The number of rotatable bonds is 43. The van der Waals surface area contributed by atoms with Crippen LogP contribution in [0.25, 0.3) is 0 Å². The molecular formula is C49H94O6. The number of ether oxygens (including phenoxy) is 3. The molecule has 0 aromatic heterocycles. The Morgan fingerprint density at radius 2 is 0.600 bits per heavy atom. The predicted molar refractivity (Wildman–Crippen MR) is 233 cm³/mol. The van der Waals surface area contributed by atoms with Gasteiger partial charge in [-0.2, -0.15) is 0 Å². The second kappa shape index (κ2) is 42.0. The molecule has 0 spiro atoms. The van der Waals surface area contributed by atoms with E-state index in [-0.39, 0.29) is 31.1 Å². The van der Waals surface area contributed by atoms with Crippen molar-refractivity contribution >= 4 is 17.9 Å². The third-order valence-electron chi connectivity index (χ3n) is 11.0. The van der Waals surface area contributed by atoms with Crippen LogP contribution in [0.4, 0.5) is 0 Å². The van der Waals surface area contributed by atoms with Crippen LogP contribution >= 0.6 is 0 Å². The SMILES string of the molecule is CCCCCCCCCCCCCCCCCCC(=O)OC[C@@H](COC(=O)CCCCCCCCCCC(C)C)OC(=O)CCCCCCCCCC(C)C. The first-order valence-corrected chi connectivity index (χ1v) is 24.2. The minimum Gasteiger partial charge on any atom is -0.462 e. The lowest BCUT2D eigenvalue weighted by atomic mass is 10.0. The van der Waals surface area contributed by atoms with E-state index in [9.17, 15) is 14.4 Å². The van der Waals surface area contributed by atoms with Crippen molar-refractivity contribution in [2.75, 3.05) is 13.2 Å². The number of carbonyl (C=O) groups is 3. The second-order valence-corrected chi connectivity index (χ2v) is 17.7. The average Bonchev–Trinajstić information content (AvgIpc) is 3.15. The molecule has 0 aromatic rings. The Kier molecular flexibility index (Phi) is 40.8. The molecule has 0 N–H and O–H groups in total. The van der Waals surface area contributed by atoms with Crippen LogP contribution in [0.2, 0.25) is 0 Å². The zero-order valence-corrected chi connectivity index (χ0v) is 37.6. The summed E-state index contributed by atoms with van der Waals surface area (Å²) in [5.74, 6) is 0.716. The van der Waals surface area contributed by atoms with Gasteiger partial charge in [-0.15, -0.1) is 0 Å². The van der Waals surface area contributed by atoms with Gasteiger partial charge in [0.1, 0.15) is 13.2 Å². The fraction of sp³-hybridized carbons (Fsp3) is 0.939. The number of hydrogen-bond donors (Lipinski definition) is 0. The minimum absolute atomic E-state index is 0.0652. The van der Waals surface area contributed by atoms with Gasteiger partial charge in [-0.25, -0.2) is 0 Å². The summed E-state index contributed by atoms with van der Waals surface area (Å²) < 4.78 is 16.7. The summed E-state index contributed by atoms with van der Waals surface area (Å²) in [5.41, 5.74) is 0. The zero-order chi connectivity index (χ0) is 40.5. The van der Waals surface area contributed by atoms with Crippen LogP contribution in [0.3, 0.4) is 0 Å². The van der Waals surface area contributed by atoms with Crippen LogP contribution in [0, 0.1) is 11.8 Å². The highest BCUT2D eigenvalue weighted by atomic mass is 16.6. The Morgan fingerprint density at radius 3 is 0.891 bits per heavy atom. The van der Waals surface area contributed by atoms with E-state index in [4.69, 9.17) is 14.2 Å². The van der Waals surface area contributed by atoms with Crippen LogP contribution in [0.1, 0.15) is 266 Å². The smallest absolute Gasteiger partial charge is 0.306 e. The predicted octanol–water partition coefficient (Wildman–Crippen LogP) is 15.4. The Bertz CT molecular complexity index is 839. The van der Waals surface area contributed by atoms with Crippen molar-refractivity contribution in [1.82, 2.24) is 0 Å². The molecule has 55 heavy (non-hydrogen) atoms. The molecule has 0 fully saturated rings. The average molecular weight is 779 g/mol. The van der Waals surface area contributed by atoms with Gasteiger partial charge in [-0.3, -0.25) is 14.4 Å². The molecule has 0 radical (unpaired) electrons. The van der Waals surface area contributed by atoms with Gasteiger partial charge in [0.2, 0.25) is 0 Å². The van der Waals surface area contributed by atoms with Crippen molar-refractivity contribution in [2.24, 2.45) is 11.8 Å². The van der Waals surface area contributed by atoms with Gasteiger partial charge in [0, 0.05) is 19.3 Å². The third-order valence-corrected chi connectivity index (χ3v) is 11.0. The van der Waals surface area contributed by atoms with Crippen molar-refractivity contribution < 1.29 is 28.6 Å². The van der Waals surface area contributed by atoms with Crippen molar-refractivity contribution in [1.29, 1.82) is 0 Å². The molecule has 326 valence electrons. The van der Waals surface area contributed by atoms with Gasteiger partial charge in [0.05, 0.1) is 0 Å². The van der Waals surface area contributed by atoms with Crippen LogP contribution in [-0.4, -0.2) is 37.2 Å². The number of unbranched alkanes of at least 4 members (excludes halogenated alkanes) is 28. The molecule has 6 heteroatoms. The van der Waals surface area contributed by atoms with E-state index in [2.05, 4.69) is 34.6 Å². The molecule has 0 saturated carbocycles. The first-order valence-electron chi connectivity index (χ1n) is 24.2. The molecule has 0 rings (SSSR count). The number of esters is 3. The first-order chi connectivity index (χ1) is 26.7. The first kappa shape index (κ1) is 53.4. The Hall–Kier alpha value is -1.59. The highest BCUT2D eigenvalue weighted by molar-refractivity contribution is 5.71. The van der Waals surface area contributed by atoms with Crippen LogP contribution in [0.5, 0.6) is 0 Å². The van der Waals surface area contributed by atoms with E-state index in [1.807, 2.05) is 0 Å². The fourth-order valence-corrected chi connectivity index (χ4v) is 7.28. The van der Waals surface area contributed by atoms with Crippen molar-refractivity contribution in [3.05, 3.63) is 0 Å². The summed E-state index contributed by atoms with van der Waals surface area (Å²) in [6.45, 7) is 11.3. The summed E-state index contributed by atoms with van der Waals surface area (Å²) in [4.78, 5) is 37.8. The van der Waals surface area contributed by atoms with Gasteiger partial charge in [-0.05, 0) is 31.1 Å². The van der Waals surface area contributed by atoms with Crippen molar-refractivity contribution in [3.8, 4) is 0 Å². The largest absolute Gasteiger partial charge is 0.462 e. The summed E-state index contributed by atoms with van der Waals surface area (Å²) in [5, 5.41) is 0. The summed E-state index contributed by atoms with van der Waals surface area (Å²) in [6, 6.07) is 0. The Labute approximate surface area is 342 Å². The van der Waals surface area contributed by atoms with E-state index in [1.165, 1.54) is 154 Å². The molecule has 0 aliphatic carbocycles. The van der Waals surface area contributed by atoms with Crippen LogP contribution < -0.4 is 0 Å².